The molecule has 1 saturated heterocycles. The highest BCUT2D eigenvalue weighted by Gasteiger charge is 2.31. The van der Waals surface area contributed by atoms with Crippen LogP contribution in [0.3, 0.4) is 0 Å². The first-order valence-corrected chi connectivity index (χ1v) is 6.11. The second-order valence-electron chi connectivity index (χ2n) is 4.49. The van der Waals surface area contributed by atoms with Crippen LogP contribution in [0.25, 0.3) is 0 Å². The number of rotatable bonds is 4. The predicted molar refractivity (Wildman–Crippen MR) is 63.6 cm³/mol. The SMILES string of the molecule is CCCc1nc(C(=O)N2CCC(C(N)=O)C2)n[nH]1. The van der Waals surface area contributed by atoms with Crippen molar-refractivity contribution in [2.45, 2.75) is 26.2 Å². The number of aryl methyl sites for hydroxylation is 1. The summed E-state index contributed by atoms with van der Waals surface area (Å²) in [7, 11) is 0. The average molecular weight is 251 g/mol. The lowest BCUT2D eigenvalue weighted by Gasteiger charge is -2.13. The largest absolute Gasteiger partial charge is 0.369 e. The summed E-state index contributed by atoms with van der Waals surface area (Å²) in [5.41, 5.74) is 5.23. The molecule has 0 radical (unpaired) electrons. The summed E-state index contributed by atoms with van der Waals surface area (Å²) >= 11 is 0. The van der Waals surface area contributed by atoms with E-state index in [1.165, 1.54) is 0 Å². The van der Waals surface area contributed by atoms with Gasteiger partial charge in [-0.1, -0.05) is 6.92 Å². The van der Waals surface area contributed by atoms with Crippen LogP contribution in [-0.2, 0) is 11.2 Å². The summed E-state index contributed by atoms with van der Waals surface area (Å²) in [6, 6.07) is 0. The van der Waals surface area contributed by atoms with Gasteiger partial charge in [0.05, 0.1) is 5.92 Å². The standard InChI is InChI=1S/C11H17N5O2/c1-2-3-8-13-10(15-14-8)11(18)16-5-4-7(6-16)9(12)17/h7H,2-6H2,1H3,(H2,12,17)(H,13,14,15). The lowest BCUT2D eigenvalue weighted by Crippen LogP contribution is -2.32. The molecule has 0 saturated carbocycles. The Morgan fingerprint density at radius 3 is 2.94 bits per heavy atom. The van der Waals surface area contributed by atoms with Gasteiger partial charge < -0.3 is 10.6 Å². The number of likely N-dealkylation sites (tertiary alicyclic amines) is 1. The summed E-state index contributed by atoms with van der Waals surface area (Å²) in [4.78, 5) is 28.8. The van der Waals surface area contributed by atoms with Gasteiger partial charge in [0.25, 0.3) is 5.91 Å². The fourth-order valence-corrected chi connectivity index (χ4v) is 2.06. The quantitative estimate of drug-likeness (QED) is 0.766. The van der Waals surface area contributed by atoms with Crippen molar-refractivity contribution in [3.8, 4) is 0 Å². The average Bonchev–Trinajstić information content (AvgIpc) is 2.97. The molecular weight excluding hydrogens is 234 g/mol. The number of carbonyl (C=O) groups is 2. The van der Waals surface area contributed by atoms with Gasteiger partial charge in [-0.05, 0) is 12.8 Å². The molecule has 18 heavy (non-hydrogen) atoms. The minimum atomic E-state index is -0.355. The summed E-state index contributed by atoms with van der Waals surface area (Å²) in [6.45, 7) is 2.93. The molecule has 0 aromatic carbocycles. The van der Waals surface area contributed by atoms with Gasteiger partial charge in [0.1, 0.15) is 5.82 Å². The highest BCUT2D eigenvalue weighted by molar-refractivity contribution is 5.91. The van der Waals surface area contributed by atoms with Crippen LogP contribution in [0, 0.1) is 5.92 Å². The van der Waals surface area contributed by atoms with Crippen LogP contribution in [0.4, 0.5) is 0 Å². The third-order valence-corrected chi connectivity index (χ3v) is 3.09. The zero-order valence-corrected chi connectivity index (χ0v) is 10.3. The van der Waals surface area contributed by atoms with Gasteiger partial charge in [0, 0.05) is 19.5 Å². The van der Waals surface area contributed by atoms with Crippen LogP contribution < -0.4 is 5.73 Å². The molecule has 7 nitrogen and oxygen atoms in total. The van der Waals surface area contributed by atoms with E-state index in [0.717, 1.165) is 12.8 Å². The number of nitrogens with zero attached hydrogens (tertiary/aromatic N) is 3. The van der Waals surface area contributed by atoms with Crippen molar-refractivity contribution < 1.29 is 9.59 Å². The zero-order chi connectivity index (χ0) is 13.1. The number of aromatic amines is 1. The van der Waals surface area contributed by atoms with Gasteiger partial charge in [-0.25, -0.2) is 4.98 Å². The van der Waals surface area contributed by atoms with Crippen LogP contribution >= 0.6 is 0 Å². The number of aromatic nitrogens is 3. The Bertz CT molecular complexity index is 456. The van der Waals surface area contributed by atoms with E-state index in [-0.39, 0.29) is 23.6 Å². The molecule has 1 aromatic rings. The van der Waals surface area contributed by atoms with Crippen LogP contribution in [-0.4, -0.2) is 45.0 Å². The summed E-state index contributed by atoms with van der Waals surface area (Å²) in [5, 5.41) is 6.65. The molecule has 0 spiro atoms. The second kappa shape index (κ2) is 5.16. The van der Waals surface area contributed by atoms with E-state index in [0.29, 0.717) is 25.3 Å². The molecule has 98 valence electrons. The maximum Gasteiger partial charge on any atom is 0.293 e. The monoisotopic (exact) mass is 251 g/mol. The highest BCUT2D eigenvalue weighted by atomic mass is 16.2. The zero-order valence-electron chi connectivity index (χ0n) is 10.3. The molecule has 2 rings (SSSR count). The smallest absolute Gasteiger partial charge is 0.293 e. The number of nitrogens with two attached hydrogens (primary N) is 1. The molecule has 0 bridgehead atoms. The van der Waals surface area contributed by atoms with E-state index in [9.17, 15) is 9.59 Å². The summed E-state index contributed by atoms with van der Waals surface area (Å²) in [5.74, 6) is 0.0439. The van der Waals surface area contributed by atoms with Crippen LogP contribution in [0.1, 0.15) is 36.2 Å². The van der Waals surface area contributed by atoms with Crippen LogP contribution in [0.15, 0.2) is 0 Å². The predicted octanol–water partition coefficient (Wildman–Crippen LogP) is -0.295. The molecule has 0 aliphatic carbocycles. The highest BCUT2D eigenvalue weighted by Crippen LogP contribution is 2.17. The topological polar surface area (TPSA) is 105 Å². The number of primary amides is 1. The number of nitrogens with one attached hydrogen (secondary N) is 1. The molecule has 3 N–H and O–H groups in total. The van der Waals surface area contributed by atoms with E-state index < -0.39 is 0 Å². The van der Waals surface area contributed by atoms with Crippen LogP contribution in [0.5, 0.6) is 0 Å². The fraction of sp³-hybridized carbons (Fsp3) is 0.636. The molecule has 1 aliphatic rings. The lowest BCUT2D eigenvalue weighted by atomic mass is 10.1. The summed E-state index contributed by atoms with van der Waals surface area (Å²) < 4.78 is 0. The number of hydrogen-bond donors (Lipinski definition) is 2. The van der Waals surface area contributed by atoms with Crippen molar-refractivity contribution in [3.63, 3.8) is 0 Å². The van der Waals surface area contributed by atoms with Crippen molar-refractivity contribution in [2.75, 3.05) is 13.1 Å². The van der Waals surface area contributed by atoms with Crippen molar-refractivity contribution >= 4 is 11.8 Å². The maximum absolute atomic E-state index is 12.1. The van der Waals surface area contributed by atoms with Crippen LogP contribution in [0.2, 0.25) is 0 Å². The Labute approximate surface area is 105 Å². The van der Waals surface area contributed by atoms with E-state index >= 15 is 0 Å². The van der Waals surface area contributed by atoms with E-state index in [1.807, 2.05) is 6.92 Å². The first-order chi connectivity index (χ1) is 8.61. The molecule has 1 aromatic heterocycles. The fourth-order valence-electron chi connectivity index (χ4n) is 2.06. The summed E-state index contributed by atoms with van der Waals surface area (Å²) in [6.07, 6.45) is 2.33. The van der Waals surface area contributed by atoms with Gasteiger partial charge in [0.2, 0.25) is 11.7 Å². The minimum absolute atomic E-state index is 0.170. The molecule has 2 amide bonds. The van der Waals surface area contributed by atoms with E-state index in [2.05, 4.69) is 15.2 Å². The molecule has 1 aliphatic heterocycles. The van der Waals surface area contributed by atoms with Gasteiger partial charge >= 0.3 is 0 Å². The first-order valence-electron chi connectivity index (χ1n) is 6.11. The minimum Gasteiger partial charge on any atom is -0.369 e. The van der Waals surface area contributed by atoms with E-state index in [1.54, 1.807) is 4.90 Å². The number of hydrogen-bond acceptors (Lipinski definition) is 4. The molecule has 7 heteroatoms. The Kier molecular flexibility index (Phi) is 3.59. The van der Waals surface area contributed by atoms with Crippen molar-refractivity contribution in [1.29, 1.82) is 0 Å². The van der Waals surface area contributed by atoms with Gasteiger partial charge in [-0.15, -0.1) is 5.10 Å². The second-order valence-corrected chi connectivity index (χ2v) is 4.49. The number of carbonyl (C=O) groups excluding carboxylic acids is 2. The Hall–Kier alpha value is -1.92. The first kappa shape index (κ1) is 12.5. The third kappa shape index (κ3) is 2.49. The Morgan fingerprint density at radius 2 is 2.33 bits per heavy atom. The lowest BCUT2D eigenvalue weighted by molar-refractivity contribution is -0.121. The van der Waals surface area contributed by atoms with Crippen molar-refractivity contribution in [2.24, 2.45) is 11.7 Å². The van der Waals surface area contributed by atoms with Gasteiger partial charge in [-0.2, -0.15) is 0 Å². The molecule has 1 unspecified atom stereocenters. The normalized spacial score (nSPS) is 19.2. The van der Waals surface area contributed by atoms with E-state index in [4.69, 9.17) is 5.73 Å². The van der Waals surface area contributed by atoms with Gasteiger partial charge in [-0.3, -0.25) is 14.7 Å². The van der Waals surface area contributed by atoms with Gasteiger partial charge in [0.15, 0.2) is 0 Å². The molecule has 2 heterocycles. The Morgan fingerprint density at radius 1 is 1.56 bits per heavy atom. The van der Waals surface area contributed by atoms with Crippen molar-refractivity contribution in [3.05, 3.63) is 11.6 Å². The molecule has 1 fully saturated rings. The number of H-pyrrole nitrogens is 1. The maximum atomic E-state index is 12.1. The number of amides is 2. The van der Waals surface area contributed by atoms with Crippen molar-refractivity contribution in [1.82, 2.24) is 20.1 Å². The molecule has 1 atom stereocenters. The third-order valence-electron chi connectivity index (χ3n) is 3.09. The Balaban J connectivity index is 2.01. The molecular formula is C11H17N5O2.